The number of pyridine rings is 1. The molecule has 0 atom stereocenters. The largest absolute Gasteiger partial charge is 0.504 e. The number of aromatic amines is 1. The number of hydrogen-bond acceptors (Lipinski definition) is 11. The van der Waals surface area contributed by atoms with Gasteiger partial charge in [-0.15, -0.1) is 10.2 Å². The summed E-state index contributed by atoms with van der Waals surface area (Å²) >= 11 is 0. The zero-order valence-electron chi connectivity index (χ0n) is 17.4. The maximum Gasteiger partial charge on any atom is 0.267 e. The van der Waals surface area contributed by atoms with E-state index in [0.29, 0.717) is 17.8 Å². The summed E-state index contributed by atoms with van der Waals surface area (Å²) in [4.78, 5) is 24.6. The summed E-state index contributed by atoms with van der Waals surface area (Å²) in [6.07, 6.45) is 4.15. The molecule has 0 spiro atoms. The quantitative estimate of drug-likeness (QED) is 0.192. The number of anilines is 1. The number of nitrogens with zero attached hydrogens (tertiary/aromatic N) is 7. The van der Waals surface area contributed by atoms with Gasteiger partial charge in [-0.3, -0.25) is 14.9 Å². The number of allylic oxidation sites excluding steroid dienone is 2. The lowest BCUT2D eigenvalue weighted by Gasteiger charge is -2.10. The topological polar surface area (TPSA) is 223 Å². The Morgan fingerprint density at radius 2 is 2.06 bits per heavy atom. The molecule has 0 aliphatic carbocycles. The number of carbonyl (C=O) groups excluding carboxylic acids is 1. The van der Waals surface area contributed by atoms with Gasteiger partial charge in [0.15, 0.2) is 11.6 Å². The minimum atomic E-state index is -0.745. The van der Waals surface area contributed by atoms with E-state index in [4.69, 9.17) is 16.9 Å². The number of primary amides is 1. The second kappa shape index (κ2) is 9.46. The van der Waals surface area contributed by atoms with Crippen molar-refractivity contribution in [2.75, 3.05) is 18.9 Å². The van der Waals surface area contributed by atoms with Crippen LogP contribution in [0.3, 0.4) is 0 Å². The monoisotopic (exact) mass is 438 g/mol. The lowest BCUT2D eigenvalue weighted by Crippen LogP contribution is -2.15. The van der Waals surface area contributed by atoms with Crippen molar-refractivity contribution in [2.45, 2.75) is 13.5 Å². The van der Waals surface area contributed by atoms with Crippen LogP contribution in [0.15, 0.2) is 35.2 Å². The molecule has 0 aromatic carbocycles. The zero-order valence-corrected chi connectivity index (χ0v) is 17.4. The first-order valence-electron chi connectivity index (χ1n) is 9.34. The Bertz CT molecular complexity index is 1190. The number of nitrogens with one attached hydrogen (secondary N) is 3. The molecule has 0 aliphatic heterocycles. The van der Waals surface area contributed by atoms with Crippen LogP contribution in [0.1, 0.15) is 28.8 Å². The number of aliphatic hydroxyl groups excluding tert-OH is 1. The third kappa shape index (κ3) is 4.58. The molecule has 0 fully saturated rings. The fourth-order valence-corrected chi connectivity index (χ4v) is 2.74. The Kier molecular flexibility index (Phi) is 6.53. The molecule has 3 heterocycles. The SMILES string of the molecule is CNc1cc(C(N)=O)nc(-c2n[nH]c(C(=NCCn3cnnc3)/C(O)=C(/C)N)n2)c1C=N. The number of aliphatic imine (C=N–C) groups is 1. The highest BCUT2D eigenvalue weighted by molar-refractivity contribution is 6.09. The Hall–Kier alpha value is -4.62. The van der Waals surface area contributed by atoms with Crippen LogP contribution in [-0.2, 0) is 6.54 Å². The lowest BCUT2D eigenvalue weighted by atomic mass is 10.1. The van der Waals surface area contributed by atoms with E-state index in [1.165, 1.54) is 13.0 Å². The fraction of sp³-hybridized carbons (Fsp3) is 0.222. The van der Waals surface area contributed by atoms with Crippen LogP contribution in [0.4, 0.5) is 5.69 Å². The Morgan fingerprint density at radius 1 is 1.34 bits per heavy atom. The standard InChI is InChI=1S/C18H22N12O2/c1-9(20)15(31)14(23-3-4-30-7-24-25-8-30)18-27-17(28-29-18)13-10(6-19)11(22-2)5-12(26-13)16(21)32/h5-8,19,31H,3-4,20H2,1-2H3,(H2,21,32)(H,22,26)(H,27,28,29)/b15-9+,19-6?,23-14?. The van der Waals surface area contributed by atoms with E-state index in [-0.39, 0.29) is 46.7 Å². The van der Waals surface area contributed by atoms with Gasteiger partial charge in [0.2, 0.25) is 5.82 Å². The van der Waals surface area contributed by atoms with Crippen LogP contribution in [0, 0.1) is 5.41 Å². The van der Waals surface area contributed by atoms with E-state index in [1.54, 1.807) is 24.3 Å². The number of H-pyrrole nitrogens is 1. The van der Waals surface area contributed by atoms with Gasteiger partial charge in [0.25, 0.3) is 5.91 Å². The molecule has 0 aliphatic rings. The zero-order chi connectivity index (χ0) is 23.3. The van der Waals surface area contributed by atoms with Crippen molar-refractivity contribution >= 4 is 23.5 Å². The van der Waals surface area contributed by atoms with Crippen LogP contribution >= 0.6 is 0 Å². The molecule has 3 rings (SSSR count). The minimum absolute atomic E-state index is 0.0234. The number of hydrogen-bond donors (Lipinski definition) is 6. The maximum absolute atomic E-state index is 11.7. The highest BCUT2D eigenvalue weighted by Gasteiger charge is 2.21. The number of carbonyl (C=O) groups is 1. The Balaban J connectivity index is 2.04. The third-order valence-electron chi connectivity index (χ3n) is 4.34. The summed E-state index contributed by atoms with van der Waals surface area (Å²) in [7, 11) is 1.63. The lowest BCUT2D eigenvalue weighted by molar-refractivity contribution is 0.0995. The van der Waals surface area contributed by atoms with Crippen LogP contribution < -0.4 is 16.8 Å². The third-order valence-corrected chi connectivity index (χ3v) is 4.34. The van der Waals surface area contributed by atoms with E-state index in [9.17, 15) is 9.90 Å². The van der Waals surface area contributed by atoms with Crippen molar-refractivity contribution in [2.24, 2.45) is 16.5 Å². The fourth-order valence-electron chi connectivity index (χ4n) is 2.74. The second-order valence-corrected chi connectivity index (χ2v) is 6.55. The molecule has 1 amide bonds. The molecule has 0 saturated heterocycles. The molecule has 32 heavy (non-hydrogen) atoms. The van der Waals surface area contributed by atoms with Gasteiger partial charge in [-0.2, -0.15) is 5.10 Å². The van der Waals surface area contributed by atoms with Crippen molar-refractivity contribution < 1.29 is 9.90 Å². The van der Waals surface area contributed by atoms with E-state index in [0.717, 1.165) is 6.21 Å². The van der Waals surface area contributed by atoms with E-state index in [1.807, 2.05) is 0 Å². The molecule has 8 N–H and O–H groups in total. The highest BCUT2D eigenvalue weighted by atomic mass is 16.3. The molecule has 0 unspecified atom stereocenters. The first-order valence-corrected chi connectivity index (χ1v) is 9.34. The maximum atomic E-state index is 11.7. The van der Waals surface area contributed by atoms with Crippen LogP contribution in [-0.4, -0.2) is 71.5 Å². The molecular formula is C18H22N12O2. The van der Waals surface area contributed by atoms with Crippen molar-refractivity contribution in [1.29, 1.82) is 5.41 Å². The number of rotatable bonds is 9. The van der Waals surface area contributed by atoms with Gasteiger partial charge in [0.1, 0.15) is 29.8 Å². The van der Waals surface area contributed by atoms with Gasteiger partial charge >= 0.3 is 0 Å². The summed E-state index contributed by atoms with van der Waals surface area (Å²) in [5.74, 6) is -0.810. The predicted octanol–water partition coefficient (Wildman–Crippen LogP) is -0.166. The van der Waals surface area contributed by atoms with Gasteiger partial charge in [0.05, 0.1) is 6.54 Å². The van der Waals surface area contributed by atoms with Gasteiger partial charge < -0.3 is 31.9 Å². The number of amides is 1. The first kappa shape index (κ1) is 22.1. The summed E-state index contributed by atoms with van der Waals surface area (Å²) in [6.45, 7) is 2.25. The smallest absolute Gasteiger partial charge is 0.267 e. The number of aromatic nitrogens is 7. The molecule has 14 nitrogen and oxygen atoms in total. The van der Waals surface area contributed by atoms with Gasteiger partial charge in [-0.1, -0.05) is 0 Å². The molecule has 0 saturated carbocycles. The van der Waals surface area contributed by atoms with Gasteiger partial charge in [-0.25, -0.2) is 9.97 Å². The predicted molar refractivity (Wildman–Crippen MR) is 117 cm³/mol. The van der Waals surface area contributed by atoms with Crippen LogP contribution in [0.25, 0.3) is 11.5 Å². The number of nitrogens with two attached hydrogens (primary N) is 2. The number of aliphatic hydroxyl groups is 1. The van der Waals surface area contributed by atoms with Crippen LogP contribution in [0.5, 0.6) is 0 Å². The summed E-state index contributed by atoms with van der Waals surface area (Å²) in [5, 5.41) is 35.4. The average Bonchev–Trinajstić information content (AvgIpc) is 3.47. The first-order chi connectivity index (χ1) is 15.3. The van der Waals surface area contributed by atoms with Gasteiger partial charge in [0, 0.05) is 36.8 Å². The van der Waals surface area contributed by atoms with E-state index < -0.39 is 5.91 Å². The van der Waals surface area contributed by atoms with Crippen LogP contribution in [0.2, 0.25) is 0 Å². The minimum Gasteiger partial charge on any atom is -0.504 e. The molecule has 14 heteroatoms. The van der Waals surface area contributed by atoms with Crippen molar-refractivity contribution in [1.82, 2.24) is 34.9 Å². The highest BCUT2D eigenvalue weighted by Crippen LogP contribution is 2.25. The molecule has 3 aromatic heterocycles. The average molecular weight is 438 g/mol. The Labute approximate surface area is 182 Å². The molecule has 0 bridgehead atoms. The Morgan fingerprint density at radius 3 is 2.66 bits per heavy atom. The van der Waals surface area contributed by atoms with Gasteiger partial charge in [-0.05, 0) is 13.0 Å². The summed E-state index contributed by atoms with van der Waals surface area (Å²) in [6, 6.07) is 1.43. The van der Waals surface area contributed by atoms with Crippen molar-refractivity contribution in [3.8, 4) is 11.5 Å². The normalized spacial score (nSPS) is 12.4. The molecule has 3 aromatic rings. The molecule has 0 radical (unpaired) electrons. The second-order valence-electron chi connectivity index (χ2n) is 6.55. The van der Waals surface area contributed by atoms with Crippen molar-refractivity contribution in [3.63, 3.8) is 0 Å². The molecule has 166 valence electrons. The summed E-state index contributed by atoms with van der Waals surface area (Å²) in [5.41, 5.74) is 12.3. The van der Waals surface area contributed by atoms with E-state index in [2.05, 4.69) is 40.7 Å². The van der Waals surface area contributed by atoms with Crippen molar-refractivity contribution in [3.05, 3.63) is 47.3 Å². The summed E-state index contributed by atoms with van der Waals surface area (Å²) < 4.78 is 1.72. The van der Waals surface area contributed by atoms with E-state index >= 15 is 0 Å². The molecular weight excluding hydrogens is 416 g/mol.